The minimum Gasteiger partial charge on any atom is -0.504 e. The third-order valence-corrected chi connectivity index (χ3v) is 4.66. The molecule has 0 aliphatic carbocycles. The van der Waals surface area contributed by atoms with Gasteiger partial charge >= 0.3 is 12.0 Å². The highest BCUT2D eigenvalue weighted by molar-refractivity contribution is 14.1. The van der Waals surface area contributed by atoms with E-state index in [2.05, 4.69) is 10.6 Å². The van der Waals surface area contributed by atoms with Crippen LogP contribution in [0.2, 0.25) is 0 Å². The number of phenols is 1. The van der Waals surface area contributed by atoms with Crippen molar-refractivity contribution in [2.45, 2.75) is 39.3 Å². The maximum atomic E-state index is 12.7. The Morgan fingerprint density at radius 2 is 1.96 bits per heavy atom. The van der Waals surface area contributed by atoms with Crippen molar-refractivity contribution in [1.29, 1.82) is 0 Å². The molecule has 1 aliphatic heterocycles. The molecule has 136 valence electrons. The second-order valence-corrected chi connectivity index (χ2v) is 7.67. The third kappa shape index (κ3) is 4.17. The second kappa shape index (κ2) is 7.11. The van der Waals surface area contributed by atoms with Crippen molar-refractivity contribution < 1.29 is 24.2 Å². The lowest BCUT2D eigenvalue weighted by Gasteiger charge is -2.31. The van der Waals surface area contributed by atoms with Crippen molar-refractivity contribution >= 4 is 34.6 Å². The number of esters is 1. The molecule has 0 bridgehead atoms. The maximum absolute atomic E-state index is 12.7. The average Bonchev–Trinajstić information content (AvgIpc) is 2.47. The SMILES string of the molecule is COc1ccc(C2NC(=O)NC(C)=C2C(=O)OC(C)(C)C)c(I)c1O. The molecule has 2 rings (SSSR count). The summed E-state index contributed by atoms with van der Waals surface area (Å²) < 4.78 is 11.0. The van der Waals surface area contributed by atoms with Gasteiger partial charge in [0.2, 0.25) is 0 Å². The molecule has 0 saturated heterocycles. The molecular formula is C17H21IN2O5. The number of benzene rings is 1. The number of allylic oxidation sites excluding steroid dienone is 1. The summed E-state index contributed by atoms with van der Waals surface area (Å²) in [5.41, 5.74) is 0.603. The van der Waals surface area contributed by atoms with Gasteiger partial charge < -0.3 is 25.2 Å². The highest BCUT2D eigenvalue weighted by Crippen LogP contribution is 2.39. The molecular weight excluding hydrogens is 439 g/mol. The van der Waals surface area contributed by atoms with E-state index in [1.54, 1.807) is 39.8 Å². The normalized spacial score (nSPS) is 17.7. The van der Waals surface area contributed by atoms with Crippen LogP contribution in [0.1, 0.15) is 39.3 Å². The fraction of sp³-hybridized carbons (Fsp3) is 0.412. The molecule has 1 aliphatic rings. The molecule has 25 heavy (non-hydrogen) atoms. The van der Waals surface area contributed by atoms with Crippen molar-refractivity contribution in [3.63, 3.8) is 0 Å². The quantitative estimate of drug-likeness (QED) is 0.476. The van der Waals surface area contributed by atoms with Crippen LogP contribution in [0.3, 0.4) is 0 Å². The minimum atomic E-state index is -0.743. The number of phenolic OH excluding ortho intramolecular Hbond substituents is 1. The molecule has 1 atom stereocenters. The summed E-state index contributed by atoms with van der Waals surface area (Å²) in [6.07, 6.45) is 0. The number of carbonyl (C=O) groups excluding carboxylic acids is 2. The second-order valence-electron chi connectivity index (χ2n) is 6.59. The van der Waals surface area contributed by atoms with Crippen LogP contribution < -0.4 is 15.4 Å². The number of aromatic hydroxyl groups is 1. The van der Waals surface area contributed by atoms with Crippen LogP contribution in [0.25, 0.3) is 0 Å². The van der Waals surface area contributed by atoms with Gasteiger partial charge in [0.05, 0.1) is 22.3 Å². The number of ether oxygens (including phenoxy) is 2. The van der Waals surface area contributed by atoms with E-state index in [0.717, 1.165) is 0 Å². The standard InChI is InChI=1S/C17H21IN2O5/c1-8-11(15(22)25-17(2,3)4)13(20-16(23)19-8)9-6-7-10(24-5)14(21)12(9)18/h6-7,13,21H,1-5H3,(H2,19,20,23). The van der Waals surface area contributed by atoms with E-state index >= 15 is 0 Å². The summed E-state index contributed by atoms with van der Waals surface area (Å²) in [5, 5.41) is 15.6. The van der Waals surface area contributed by atoms with Gasteiger partial charge in [0.1, 0.15) is 5.60 Å². The van der Waals surface area contributed by atoms with Gasteiger partial charge in [-0.2, -0.15) is 0 Å². The highest BCUT2D eigenvalue weighted by Gasteiger charge is 2.35. The van der Waals surface area contributed by atoms with Crippen LogP contribution in [0.4, 0.5) is 4.79 Å². The van der Waals surface area contributed by atoms with Crippen molar-refractivity contribution in [3.05, 3.63) is 32.5 Å². The number of hydrogen-bond acceptors (Lipinski definition) is 5. The first-order chi connectivity index (χ1) is 11.5. The first-order valence-electron chi connectivity index (χ1n) is 7.62. The van der Waals surface area contributed by atoms with Crippen molar-refractivity contribution in [3.8, 4) is 11.5 Å². The molecule has 7 nitrogen and oxygen atoms in total. The molecule has 8 heteroatoms. The molecule has 0 radical (unpaired) electrons. The van der Waals surface area contributed by atoms with Gasteiger partial charge in [0, 0.05) is 5.70 Å². The van der Waals surface area contributed by atoms with Crippen LogP contribution in [0, 0.1) is 3.57 Å². The number of amides is 2. The summed E-state index contributed by atoms with van der Waals surface area (Å²) in [4.78, 5) is 24.6. The molecule has 1 heterocycles. The summed E-state index contributed by atoms with van der Waals surface area (Å²) >= 11 is 1.96. The molecule has 3 N–H and O–H groups in total. The Bertz CT molecular complexity index is 752. The predicted molar refractivity (Wildman–Crippen MR) is 100 cm³/mol. The van der Waals surface area contributed by atoms with Crippen molar-refractivity contribution in [2.75, 3.05) is 7.11 Å². The Kier molecular flexibility index (Phi) is 5.50. The molecule has 0 saturated carbocycles. The largest absolute Gasteiger partial charge is 0.504 e. The zero-order valence-corrected chi connectivity index (χ0v) is 16.8. The molecule has 2 amide bonds. The zero-order chi connectivity index (χ0) is 18.9. The van der Waals surface area contributed by atoms with Gasteiger partial charge in [0.15, 0.2) is 11.5 Å². The number of rotatable bonds is 3. The summed E-state index contributed by atoms with van der Waals surface area (Å²) in [6.45, 7) is 6.95. The number of carbonyl (C=O) groups is 2. The molecule has 0 spiro atoms. The van der Waals surface area contributed by atoms with Crippen LogP contribution in [0.15, 0.2) is 23.4 Å². The van der Waals surface area contributed by atoms with E-state index in [1.807, 2.05) is 22.6 Å². The summed E-state index contributed by atoms with van der Waals surface area (Å²) in [6, 6.07) is 2.12. The van der Waals surface area contributed by atoms with Gasteiger partial charge in [-0.05, 0) is 61.9 Å². The lowest BCUT2D eigenvalue weighted by molar-refractivity contribution is -0.150. The number of methoxy groups -OCH3 is 1. The lowest BCUT2D eigenvalue weighted by atomic mass is 9.95. The molecule has 1 unspecified atom stereocenters. The number of hydrogen-bond donors (Lipinski definition) is 3. The highest BCUT2D eigenvalue weighted by atomic mass is 127. The number of halogens is 1. The first-order valence-corrected chi connectivity index (χ1v) is 8.70. The number of urea groups is 1. The van der Waals surface area contributed by atoms with Crippen molar-refractivity contribution in [1.82, 2.24) is 10.6 Å². The van der Waals surface area contributed by atoms with Crippen LogP contribution >= 0.6 is 22.6 Å². The molecule has 0 fully saturated rings. The van der Waals surface area contributed by atoms with E-state index in [-0.39, 0.29) is 11.3 Å². The Balaban J connectivity index is 2.54. The molecule has 1 aromatic rings. The Labute approximate surface area is 159 Å². The summed E-state index contributed by atoms with van der Waals surface area (Å²) in [7, 11) is 1.45. The van der Waals surface area contributed by atoms with E-state index in [4.69, 9.17) is 9.47 Å². The number of nitrogens with one attached hydrogen (secondary N) is 2. The van der Waals surface area contributed by atoms with Gasteiger partial charge in [-0.1, -0.05) is 6.07 Å². The van der Waals surface area contributed by atoms with Crippen LogP contribution in [0.5, 0.6) is 11.5 Å². The predicted octanol–water partition coefficient (Wildman–Crippen LogP) is 2.98. The topological polar surface area (TPSA) is 96.9 Å². The zero-order valence-electron chi connectivity index (χ0n) is 14.7. The minimum absolute atomic E-state index is 0.0467. The van der Waals surface area contributed by atoms with Gasteiger partial charge in [-0.25, -0.2) is 9.59 Å². The molecule has 1 aromatic carbocycles. The van der Waals surface area contributed by atoms with Crippen LogP contribution in [-0.4, -0.2) is 29.8 Å². The summed E-state index contributed by atoms with van der Waals surface area (Å²) in [5.74, 6) is -0.267. The Morgan fingerprint density at radius 1 is 1.32 bits per heavy atom. The van der Waals surface area contributed by atoms with E-state index in [9.17, 15) is 14.7 Å². The van der Waals surface area contributed by atoms with Gasteiger partial charge in [0.25, 0.3) is 0 Å². The lowest BCUT2D eigenvalue weighted by Crippen LogP contribution is -2.46. The van der Waals surface area contributed by atoms with Gasteiger partial charge in [-0.15, -0.1) is 0 Å². The van der Waals surface area contributed by atoms with Crippen molar-refractivity contribution in [2.24, 2.45) is 0 Å². The smallest absolute Gasteiger partial charge is 0.338 e. The Morgan fingerprint density at radius 3 is 2.52 bits per heavy atom. The maximum Gasteiger partial charge on any atom is 0.338 e. The monoisotopic (exact) mass is 460 g/mol. The fourth-order valence-electron chi connectivity index (χ4n) is 2.48. The third-order valence-electron chi connectivity index (χ3n) is 3.53. The van der Waals surface area contributed by atoms with E-state index < -0.39 is 23.6 Å². The van der Waals surface area contributed by atoms with Gasteiger partial charge in [-0.3, -0.25) is 0 Å². The van der Waals surface area contributed by atoms with E-state index in [0.29, 0.717) is 20.6 Å². The molecule has 0 aromatic heterocycles. The van der Waals surface area contributed by atoms with E-state index in [1.165, 1.54) is 7.11 Å². The first kappa shape index (κ1) is 19.4. The Hall–Kier alpha value is -1.97. The average molecular weight is 460 g/mol. The van der Waals surface area contributed by atoms with Crippen LogP contribution in [-0.2, 0) is 9.53 Å². The fourth-order valence-corrected chi connectivity index (χ4v) is 3.24.